The summed E-state index contributed by atoms with van der Waals surface area (Å²) in [6.45, 7) is 2.17. The zero-order valence-electron chi connectivity index (χ0n) is 14.1. The van der Waals surface area contributed by atoms with Crippen molar-refractivity contribution in [2.75, 3.05) is 11.4 Å². The second-order valence-corrected chi connectivity index (χ2v) is 7.61. The van der Waals surface area contributed by atoms with E-state index in [0.717, 1.165) is 25.7 Å². The Kier molecular flexibility index (Phi) is 3.13. The first-order valence-electron chi connectivity index (χ1n) is 9.00. The maximum Gasteiger partial charge on any atom is 0.235 e. The van der Waals surface area contributed by atoms with Crippen LogP contribution in [0, 0.1) is 18.8 Å². The number of fused-ring (bicyclic) bond motifs is 1. The molecule has 2 saturated heterocycles. The lowest BCUT2D eigenvalue weighted by Crippen LogP contribution is -2.46. The summed E-state index contributed by atoms with van der Waals surface area (Å²) in [6.07, 6.45) is 7.92. The van der Waals surface area contributed by atoms with Crippen molar-refractivity contribution in [1.82, 2.24) is 10.5 Å². The first-order chi connectivity index (χ1) is 12.1. The molecule has 1 saturated carbocycles. The number of rotatable bonds is 3. The molecule has 7 nitrogen and oxygen atoms in total. The lowest BCUT2D eigenvalue weighted by molar-refractivity contribution is -0.132. The van der Waals surface area contributed by atoms with E-state index in [2.05, 4.69) is 10.5 Å². The molecule has 4 atom stereocenters. The van der Waals surface area contributed by atoms with Crippen molar-refractivity contribution in [3.63, 3.8) is 0 Å². The quantitative estimate of drug-likeness (QED) is 0.837. The Labute approximate surface area is 145 Å². The van der Waals surface area contributed by atoms with Gasteiger partial charge >= 0.3 is 0 Å². The van der Waals surface area contributed by atoms with Crippen molar-refractivity contribution in [3.8, 4) is 0 Å². The largest absolute Gasteiger partial charge is 0.360 e. The van der Waals surface area contributed by atoms with E-state index in [0.29, 0.717) is 18.1 Å². The second-order valence-electron chi connectivity index (χ2n) is 7.61. The van der Waals surface area contributed by atoms with Gasteiger partial charge in [0.25, 0.3) is 0 Å². The Morgan fingerprint density at radius 1 is 1.40 bits per heavy atom. The first kappa shape index (κ1) is 15.1. The molecule has 1 N–H and O–H groups in total. The minimum Gasteiger partial charge on any atom is -0.360 e. The van der Waals surface area contributed by atoms with Gasteiger partial charge in [0.05, 0.1) is 24.5 Å². The molecule has 4 aliphatic rings. The van der Waals surface area contributed by atoms with Gasteiger partial charge in [0.2, 0.25) is 11.8 Å². The predicted molar refractivity (Wildman–Crippen MR) is 87.7 cm³/mol. The Bertz CT molecular complexity index is 766. The number of aryl methyl sites for hydroxylation is 1. The van der Waals surface area contributed by atoms with Gasteiger partial charge < -0.3 is 14.6 Å². The summed E-state index contributed by atoms with van der Waals surface area (Å²) in [5.41, 5.74) is -0.716. The van der Waals surface area contributed by atoms with E-state index < -0.39 is 17.4 Å². The first-order valence-corrected chi connectivity index (χ1v) is 9.00. The molecule has 3 fully saturated rings. The maximum atomic E-state index is 13.1. The number of ether oxygens (including phenoxy) is 1. The highest BCUT2D eigenvalue weighted by Crippen LogP contribution is 2.52. The third-order valence-electron chi connectivity index (χ3n) is 6.00. The molecule has 0 radical (unpaired) electrons. The maximum absolute atomic E-state index is 13.1. The van der Waals surface area contributed by atoms with E-state index in [1.807, 2.05) is 12.2 Å². The van der Waals surface area contributed by atoms with Crippen LogP contribution in [0.1, 0.15) is 31.4 Å². The minimum atomic E-state index is -0.716. The van der Waals surface area contributed by atoms with Crippen LogP contribution in [0.15, 0.2) is 22.7 Å². The van der Waals surface area contributed by atoms with Crippen molar-refractivity contribution >= 4 is 17.6 Å². The van der Waals surface area contributed by atoms with Gasteiger partial charge in [-0.15, -0.1) is 0 Å². The summed E-state index contributed by atoms with van der Waals surface area (Å²) >= 11 is 0. The van der Waals surface area contributed by atoms with Crippen molar-refractivity contribution in [2.24, 2.45) is 11.8 Å². The summed E-state index contributed by atoms with van der Waals surface area (Å²) in [6, 6.07) is 1.97. The number of amides is 2. The number of anilines is 1. The molecule has 5 rings (SSSR count). The Morgan fingerprint density at radius 2 is 2.20 bits per heavy atom. The fraction of sp³-hybridized carbons (Fsp3) is 0.611. The number of carbonyl (C=O) groups excluding carboxylic acids is 2. The predicted octanol–water partition coefficient (Wildman–Crippen LogP) is 1.33. The van der Waals surface area contributed by atoms with Gasteiger partial charge in [-0.3, -0.25) is 14.5 Å². The Hall–Kier alpha value is -2.15. The van der Waals surface area contributed by atoms with E-state index in [-0.39, 0.29) is 24.0 Å². The standard InChI is InChI=1S/C18H21N3O4/c1-10-8-13(20-25-10)21-9-18-7-6-12(24-18)14(15(18)17(21)23)16(22)19-11-4-2-3-5-11/h6-8,11-12,14-15H,2-5,9H2,1H3,(H,19,22)/t12-,14-,15-,18+/m1/s1. The van der Waals surface area contributed by atoms with E-state index in [9.17, 15) is 9.59 Å². The highest BCUT2D eigenvalue weighted by molar-refractivity contribution is 6.02. The fourth-order valence-corrected chi connectivity index (χ4v) is 4.84. The molecular formula is C18H21N3O4. The van der Waals surface area contributed by atoms with Gasteiger partial charge in [-0.1, -0.05) is 30.2 Å². The van der Waals surface area contributed by atoms with Crippen molar-refractivity contribution in [1.29, 1.82) is 0 Å². The summed E-state index contributed by atoms with van der Waals surface area (Å²) < 4.78 is 11.2. The van der Waals surface area contributed by atoms with Crippen LogP contribution in [0.4, 0.5) is 5.82 Å². The normalized spacial score (nSPS) is 36.4. The molecule has 0 aromatic carbocycles. The molecule has 0 unspecified atom stereocenters. The molecule has 25 heavy (non-hydrogen) atoms. The molecule has 3 aliphatic heterocycles. The Morgan fingerprint density at radius 3 is 2.92 bits per heavy atom. The molecule has 1 aromatic rings. The van der Waals surface area contributed by atoms with Gasteiger partial charge in [-0.05, 0) is 19.8 Å². The molecule has 1 spiro atoms. The van der Waals surface area contributed by atoms with Gasteiger partial charge in [0.15, 0.2) is 5.82 Å². The lowest BCUT2D eigenvalue weighted by Gasteiger charge is -2.24. The smallest absolute Gasteiger partial charge is 0.235 e. The van der Waals surface area contributed by atoms with Crippen LogP contribution >= 0.6 is 0 Å². The Balaban J connectivity index is 1.42. The SMILES string of the molecule is Cc1cc(N2C[C@]34C=C[C@@H](O3)[C@@H](C(=O)NC3CCCC3)[C@@H]4C2=O)no1. The zero-order valence-corrected chi connectivity index (χ0v) is 14.1. The number of nitrogens with zero attached hydrogens (tertiary/aromatic N) is 2. The van der Waals surface area contributed by atoms with Crippen LogP contribution in [-0.4, -0.2) is 41.3 Å². The molecule has 4 heterocycles. The summed E-state index contributed by atoms with van der Waals surface area (Å²) in [7, 11) is 0. The third-order valence-corrected chi connectivity index (χ3v) is 6.00. The van der Waals surface area contributed by atoms with Crippen LogP contribution in [0.3, 0.4) is 0 Å². The van der Waals surface area contributed by atoms with E-state index >= 15 is 0 Å². The van der Waals surface area contributed by atoms with Crippen LogP contribution in [0.25, 0.3) is 0 Å². The molecule has 2 bridgehead atoms. The highest BCUT2D eigenvalue weighted by Gasteiger charge is 2.67. The summed E-state index contributed by atoms with van der Waals surface area (Å²) in [5.74, 6) is 0.0266. The van der Waals surface area contributed by atoms with E-state index in [1.165, 1.54) is 0 Å². The average Bonchev–Trinajstić information content (AvgIpc) is 3.36. The van der Waals surface area contributed by atoms with Crippen LogP contribution in [-0.2, 0) is 14.3 Å². The molecule has 1 aliphatic carbocycles. The number of hydrogen-bond donors (Lipinski definition) is 1. The van der Waals surface area contributed by atoms with Crippen LogP contribution in [0.2, 0.25) is 0 Å². The number of nitrogens with one attached hydrogen (secondary N) is 1. The average molecular weight is 343 g/mol. The lowest BCUT2D eigenvalue weighted by atomic mass is 9.76. The summed E-state index contributed by atoms with van der Waals surface area (Å²) in [4.78, 5) is 27.6. The molecule has 1 aromatic heterocycles. The monoisotopic (exact) mass is 343 g/mol. The second kappa shape index (κ2) is 5.17. The molecule has 2 amide bonds. The topological polar surface area (TPSA) is 84.7 Å². The van der Waals surface area contributed by atoms with E-state index in [4.69, 9.17) is 9.26 Å². The molecule has 7 heteroatoms. The van der Waals surface area contributed by atoms with Crippen LogP contribution in [0.5, 0.6) is 0 Å². The molecule has 132 valence electrons. The van der Waals surface area contributed by atoms with Crippen molar-refractivity contribution in [2.45, 2.75) is 50.4 Å². The number of aromatic nitrogens is 1. The zero-order chi connectivity index (χ0) is 17.2. The summed E-state index contributed by atoms with van der Waals surface area (Å²) in [5, 5.41) is 7.09. The number of hydrogen-bond acceptors (Lipinski definition) is 5. The minimum absolute atomic E-state index is 0.0559. The molecular weight excluding hydrogens is 322 g/mol. The van der Waals surface area contributed by atoms with Crippen LogP contribution < -0.4 is 10.2 Å². The number of carbonyl (C=O) groups is 2. The van der Waals surface area contributed by atoms with Gasteiger partial charge in [-0.2, -0.15) is 0 Å². The third kappa shape index (κ3) is 2.11. The van der Waals surface area contributed by atoms with Gasteiger partial charge in [0, 0.05) is 12.1 Å². The fourth-order valence-electron chi connectivity index (χ4n) is 4.84. The van der Waals surface area contributed by atoms with Gasteiger partial charge in [0.1, 0.15) is 11.4 Å². The van der Waals surface area contributed by atoms with Crippen molar-refractivity contribution in [3.05, 3.63) is 24.0 Å². The van der Waals surface area contributed by atoms with E-state index in [1.54, 1.807) is 17.9 Å². The highest BCUT2D eigenvalue weighted by atomic mass is 16.5. The van der Waals surface area contributed by atoms with Crippen molar-refractivity contribution < 1.29 is 18.8 Å². The van der Waals surface area contributed by atoms with Gasteiger partial charge in [-0.25, -0.2) is 0 Å².